The maximum absolute atomic E-state index is 11.6. The molecule has 116 valence electrons. The Labute approximate surface area is 127 Å². The number of carbonyl (C=O) groups is 1. The van der Waals surface area contributed by atoms with Crippen LogP contribution in [0.5, 0.6) is 0 Å². The van der Waals surface area contributed by atoms with Crippen LogP contribution in [0, 0.1) is 0 Å². The zero-order chi connectivity index (χ0) is 14.9. The predicted octanol–water partition coefficient (Wildman–Crippen LogP) is 2.03. The molecule has 4 heteroatoms. The van der Waals surface area contributed by atoms with E-state index >= 15 is 0 Å². The summed E-state index contributed by atoms with van der Waals surface area (Å²) in [7, 11) is 0. The quantitative estimate of drug-likeness (QED) is 0.842. The molecule has 0 aliphatic carbocycles. The minimum Gasteiger partial charge on any atom is -0.352 e. The summed E-state index contributed by atoms with van der Waals surface area (Å²) in [5, 5.41) is 2.95. The number of benzene rings is 1. The van der Waals surface area contributed by atoms with Gasteiger partial charge >= 0.3 is 0 Å². The molecule has 0 saturated carbocycles. The van der Waals surface area contributed by atoms with Crippen molar-refractivity contribution in [2.75, 3.05) is 19.6 Å². The van der Waals surface area contributed by atoms with Crippen LogP contribution in [0.4, 0.5) is 0 Å². The normalized spacial score (nSPS) is 16.4. The first-order chi connectivity index (χ1) is 10.3. The van der Waals surface area contributed by atoms with E-state index in [0.717, 1.165) is 6.54 Å². The van der Waals surface area contributed by atoms with Crippen molar-refractivity contribution in [3.8, 4) is 0 Å². The molecule has 1 aromatic carbocycles. The number of rotatable bonds is 6. The Morgan fingerprint density at radius 2 is 1.76 bits per heavy atom. The van der Waals surface area contributed by atoms with Crippen LogP contribution >= 0.6 is 0 Å². The molecule has 1 heterocycles. The van der Waals surface area contributed by atoms with Crippen LogP contribution in [-0.4, -0.2) is 30.4 Å². The van der Waals surface area contributed by atoms with Crippen molar-refractivity contribution in [1.82, 2.24) is 10.2 Å². The Bertz CT molecular complexity index is 439. The van der Waals surface area contributed by atoms with Crippen molar-refractivity contribution in [2.24, 2.45) is 5.73 Å². The van der Waals surface area contributed by atoms with Crippen molar-refractivity contribution in [1.29, 1.82) is 0 Å². The Hall–Kier alpha value is -1.39. The number of hydrogen-bond acceptors (Lipinski definition) is 3. The van der Waals surface area contributed by atoms with Crippen LogP contribution in [0.2, 0.25) is 0 Å². The molecule has 1 aromatic rings. The van der Waals surface area contributed by atoms with Crippen LogP contribution < -0.4 is 11.1 Å². The van der Waals surface area contributed by atoms with Gasteiger partial charge in [-0.2, -0.15) is 0 Å². The highest BCUT2D eigenvalue weighted by atomic mass is 16.1. The number of nitrogens with one attached hydrogen (secondary N) is 1. The number of carbonyl (C=O) groups excluding carboxylic acids is 1. The topological polar surface area (TPSA) is 58.4 Å². The van der Waals surface area contributed by atoms with Crippen LogP contribution in [-0.2, 0) is 17.9 Å². The Kier molecular flexibility index (Phi) is 6.70. The average Bonchev–Trinajstić information content (AvgIpc) is 2.75. The number of likely N-dealkylation sites (tertiary alicyclic amines) is 1. The summed E-state index contributed by atoms with van der Waals surface area (Å²) in [5.74, 6) is 0.0297. The van der Waals surface area contributed by atoms with Gasteiger partial charge in [-0.25, -0.2) is 0 Å². The van der Waals surface area contributed by atoms with Crippen molar-refractivity contribution in [2.45, 2.75) is 45.2 Å². The van der Waals surface area contributed by atoms with E-state index in [1.54, 1.807) is 0 Å². The summed E-state index contributed by atoms with van der Waals surface area (Å²) in [6.07, 6.45) is 5.71. The maximum atomic E-state index is 11.6. The highest BCUT2D eigenvalue weighted by Gasteiger charge is 2.11. The number of amides is 1. The fourth-order valence-electron chi connectivity index (χ4n) is 2.83. The van der Waals surface area contributed by atoms with Crippen LogP contribution in [0.15, 0.2) is 24.3 Å². The summed E-state index contributed by atoms with van der Waals surface area (Å²) in [6.45, 7) is 4.37. The molecular weight excluding hydrogens is 262 g/mol. The second kappa shape index (κ2) is 8.80. The third-order valence-corrected chi connectivity index (χ3v) is 4.06. The van der Waals surface area contributed by atoms with Crippen molar-refractivity contribution in [3.63, 3.8) is 0 Å². The van der Waals surface area contributed by atoms with Gasteiger partial charge in [-0.05, 0) is 37.1 Å². The molecule has 1 saturated heterocycles. The minimum absolute atomic E-state index is 0.0297. The maximum Gasteiger partial charge on any atom is 0.221 e. The minimum atomic E-state index is 0.0297. The summed E-state index contributed by atoms with van der Waals surface area (Å²) in [5.41, 5.74) is 7.94. The molecule has 0 bridgehead atoms. The zero-order valence-electron chi connectivity index (χ0n) is 12.8. The van der Waals surface area contributed by atoms with Gasteiger partial charge in [-0.1, -0.05) is 37.1 Å². The highest BCUT2D eigenvalue weighted by molar-refractivity contribution is 5.76. The summed E-state index contributed by atoms with van der Waals surface area (Å²) < 4.78 is 0. The van der Waals surface area contributed by atoms with Gasteiger partial charge in [0.2, 0.25) is 5.91 Å². The molecule has 0 atom stereocenters. The van der Waals surface area contributed by atoms with Crippen molar-refractivity contribution in [3.05, 3.63) is 35.4 Å². The monoisotopic (exact) mass is 289 g/mol. The van der Waals surface area contributed by atoms with Gasteiger partial charge in [0, 0.05) is 26.1 Å². The largest absolute Gasteiger partial charge is 0.352 e. The van der Waals surface area contributed by atoms with Crippen LogP contribution in [0.1, 0.15) is 43.2 Å². The van der Waals surface area contributed by atoms with Gasteiger partial charge < -0.3 is 11.1 Å². The van der Waals surface area contributed by atoms with Gasteiger partial charge in [0.05, 0.1) is 0 Å². The summed E-state index contributed by atoms with van der Waals surface area (Å²) in [6, 6.07) is 8.40. The van der Waals surface area contributed by atoms with E-state index in [1.807, 2.05) is 6.07 Å². The molecule has 4 nitrogen and oxygen atoms in total. The lowest BCUT2D eigenvalue weighted by Crippen LogP contribution is -2.27. The smallest absolute Gasteiger partial charge is 0.221 e. The number of hydrogen-bond donors (Lipinski definition) is 2. The van der Waals surface area contributed by atoms with Gasteiger partial charge in [0.25, 0.3) is 0 Å². The first kappa shape index (κ1) is 16.0. The third kappa shape index (κ3) is 5.48. The molecule has 1 amide bonds. The zero-order valence-corrected chi connectivity index (χ0v) is 12.8. The third-order valence-electron chi connectivity index (χ3n) is 4.06. The van der Waals surface area contributed by atoms with E-state index < -0.39 is 0 Å². The second-order valence-electron chi connectivity index (χ2n) is 5.77. The van der Waals surface area contributed by atoms with Gasteiger partial charge in [0.1, 0.15) is 0 Å². The molecule has 21 heavy (non-hydrogen) atoms. The van der Waals surface area contributed by atoms with E-state index in [9.17, 15) is 4.79 Å². The number of nitrogens with two attached hydrogens (primary N) is 1. The van der Waals surface area contributed by atoms with E-state index in [-0.39, 0.29) is 5.91 Å². The van der Waals surface area contributed by atoms with Gasteiger partial charge in [-0.3, -0.25) is 9.69 Å². The van der Waals surface area contributed by atoms with E-state index in [4.69, 9.17) is 5.73 Å². The first-order valence-corrected chi connectivity index (χ1v) is 8.05. The van der Waals surface area contributed by atoms with Crippen molar-refractivity contribution < 1.29 is 4.79 Å². The predicted molar refractivity (Wildman–Crippen MR) is 85.7 cm³/mol. The molecule has 1 aliphatic rings. The van der Waals surface area contributed by atoms with Crippen LogP contribution in [0.25, 0.3) is 0 Å². The lowest BCUT2D eigenvalue weighted by Gasteiger charge is -2.21. The standard InChI is InChI=1S/C17H27N3O/c18-10-9-17(21)19-13-15-7-3-4-8-16(15)14-20-11-5-1-2-6-12-20/h3-4,7-8H,1-2,5-6,9-14,18H2,(H,19,21). The molecule has 2 rings (SSSR count). The molecule has 3 N–H and O–H groups in total. The Morgan fingerprint density at radius 1 is 1.10 bits per heavy atom. The average molecular weight is 289 g/mol. The van der Waals surface area contributed by atoms with E-state index in [2.05, 4.69) is 28.4 Å². The molecule has 0 radical (unpaired) electrons. The van der Waals surface area contributed by atoms with Gasteiger partial charge in [0.15, 0.2) is 0 Å². The Morgan fingerprint density at radius 3 is 2.43 bits per heavy atom. The lowest BCUT2D eigenvalue weighted by atomic mass is 10.1. The fraction of sp³-hybridized carbons (Fsp3) is 0.588. The van der Waals surface area contributed by atoms with E-state index in [1.165, 1.54) is 49.9 Å². The summed E-state index contributed by atoms with van der Waals surface area (Å²) in [4.78, 5) is 14.1. The molecule has 1 fully saturated rings. The highest BCUT2D eigenvalue weighted by Crippen LogP contribution is 2.16. The SMILES string of the molecule is NCCC(=O)NCc1ccccc1CN1CCCCCC1. The van der Waals surface area contributed by atoms with Gasteiger partial charge in [-0.15, -0.1) is 0 Å². The number of nitrogens with zero attached hydrogens (tertiary/aromatic N) is 1. The molecule has 0 aromatic heterocycles. The fourth-order valence-corrected chi connectivity index (χ4v) is 2.83. The molecule has 1 aliphatic heterocycles. The molecule has 0 unspecified atom stereocenters. The molecule has 0 spiro atoms. The molecular formula is C17H27N3O. The van der Waals surface area contributed by atoms with Crippen LogP contribution in [0.3, 0.4) is 0 Å². The lowest BCUT2D eigenvalue weighted by molar-refractivity contribution is -0.121. The first-order valence-electron chi connectivity index (χ1n) is 8.05. The Balaban J connectivity index is 1.94. The summed E-state index contributed by atoms with van der Waals surface area (Å²) >= 11 is 0. The van der Waals surface area contributed by atoms with E-state index in [0.29, 0.717) is 19.5 Å². The second-order valence-corrected chi connectivity index (χ2v) is 5.77. The van der Waals surface area contributed by atoms with Crippen molar-refractivity contribution >= 4 is 5.91 Å².